The van der Waals surface area contributed by atoms with Crippen molar-refractivity contribution in [3.63, 3.8) is 0 Å². The van der Waals surface area contributed by atoms with Gasteiger partial charge in [-0.05, 0) is 104 Å². The minimum Gasteiger partial charge on any atom is -0.310 e. The summed E-state index contributed by atoms with van der Waals surface area (Å²) in [5, 5.41) is 11.0. The van der Waals surface area contributed by atoms with E-state index >= 15 is 0 Å². The van der Waals surface area contributed by atoms with Crippen molar-refractivity contribution < 1.29 is 0 Å². The first-order chi connectivity index (χ1) is 25.5. The van der Waals surface area contributed by atoms with E-state index in [1.807, 2.05) is 22.7 Å². The molecule has 1 nitrogen and oxygen atoms in total. The zero-order valence-electron chi connectivity index (χ0n) is 28.9. The van der Waals surface area contributed by atoms with Gasteiger partial charge in [0.25, 0.3) is 0 Å². The van der Waals surface area contributed by atoms with E-state index in [1.54, 1.807) is 5.19 Å². The zero-order chi connectivity index (χ0) is 34.6. The molecule has 52 heavy (non-hydrogen) atoms. The highest BCUT2D eigenvalue weighted by molar-refractivity contribution is 7.26. The molecule has 246 valence electrons. The highest BCUT2D eigenvalue weighted by atomic mass is 32.1. The maximum Gasteiger partial charge on any atom is 0.113 e. The number of thiophene rings is 2. The summed E-state index contributed by atoms with van der Waals surface area (Å²) in [7, 11) is -2.02. The molecule has 1 aliphatic heterocycles. The number of benzene rings is 8. The molecule has 0 fully saturated rings. The summed E-state index contributed by atoms with van der Waals surface area (Å²) in [5.41, 5.74) is 8.88. The first-order valence-corrected chi connectivity index (χ1v) is 22.6. The van der Waals surface area contributed by atoms with Gasteiger partial charge < -0.3 is 4.90 Å². The molecule has 3 heterocycles. The Kier molecular flexibility index (Phi) is 6.51. The Labute approximate surface area is 311 Å². The molecule has 1 aliphatic rings. The fourth-order valence-electron chi connectivity index (χ4n) is 8.76. The normalized spacial score (nSPS) is 13.3. The molecule has 0 unspecified atom stereocenters. The third kappa shape index (κ3) is 4.38. The van der Waals surface area contributed by atoms with Crippen LogP contribution in [0.2, 0.25) is 13.1 Å². The van der Waals surface area contributed by atoms with Crippen molar-refractivity contribution in [3.8, 4) is 22.3 Å². The van der Waals surface area contributed by atoms with Gasteiger partial charge in [-0.25, -0.2) is 0 Å². The average Bonchev–Trinajstić information content (AvgIpc) is 3.82. The predicted octanol–water partition coefficient (Wildman–Crippen LogP) is 13.5. The van der Waals surface area contributed by atoms with E-state index in [2.05, 4.69) is 182 Å². The SMILES string of the molecule is C[Si]1(C)c2cc(N(c3cccc(-c4cccc5ccccc45)c3)c3ccc4sc5ccccc5c4c3)ccc2-c2c1ccc1sc3ccccc3c21. The Morgan fingerprint density at radius 3 is 1.94 bits per heavy atom. The van der Waals surface area contributed by atoms with E-state index in [0.717, 1.165) is 5.69 Å². The molecule has 0 amide bonds. The molecule has 0 radical (unpaired) electrons. The lowest BCUT2D eigenvalue weighted by atomic mass is 9.97. The standard InChI is InChI=1S/C48H33NS2Si/c1-52(2)45-26-25-44-47(38-17-6-8-20-42(38)51-44)48(45)39-23-21-34(29-46(39)52)49(33-22-24-43-40(28-33)37-16-5-7-19-41(37)50-43)32-14-9-13-31(27-32)36-18-10-12-30-11-3-4-15-35(30)36/h3-29H,1-2H3. The monoisotopic (exact) mass is 715 g/mol. The first-order valence-electron chi connectivity index (χ1n) is 17.9. The van der Waals surface area contributed by atoms with Crippen LogP contribution in [-0.2, 0) is 0 Å². The van der Waals surface area contributed by atoms with Crippen molar-refractivity contribution in [2.75, 3.05) is 4.90 Å². The van der Waals surface area contributed by atoms with Gasteiger partial charge in [-0.1, -0.05) is 116 Å². The molecule has 8 aromatic carbocycles. The van der Waals surface area contributed by atoms with Crippen molar-refractivity contribution in [3.05, 3.63) is 164 Å². The van der Waals surface area contributed by atoms with Gasteiger partial charge in [-0.2, -0.15) is 0 Å². The molecule has 0 N–H and O–H groups in total. The topological polar surface area (TPSA) is 3.24 Å². The summed E-state index contributed by atoms with van der Waals surface area (Å²) in [4.78, 5) is 2.49. The summed E-state index contributed by atoms with van der Waals surface area (Å²) in [6.45, 7) is 5.08. The number of rotatable bonds is 4. The molecular weight excluding hydrogens is 683 g/mol. The fourth-order valence-corrected chi connectivity index (χ4v) is 14.0. The third-order valence-electron chi connectivity index (χ3n) is 11.2. The second kappa shape index (κ2) is 11.2. The molecule has 0 aliphatic carbocycles. The van der Waals surface area contributed by atoms with Gasteiger partial charge in [0, 0.05) is 57.4 Å². The van der Waals surface area contributed by atoms with Crippen LogP contribution >= 0.6 is 22.7 Å². The fraction of sp³-hybridized carbons (Fsp3) is 0.0417. The summed E-state index contributed by atoms with van der Waals surface area (Å²) in [6, 6.07) is 61.4. The quantitative estimate of drug-likeness (QED) is 0.164. The Hall–Kier alpha value is -5.52. The van der Waals surface area contributed by atoms with Crippen LogP contribution in [0.1, 0.15) is 0 Å². The average molecular weight is 716 g/mol. The van der Waals surface area contributed by atoms with Crippen LogP contribution in [-0.4, -0.2) is 8.07 Å². The molecule has 0 spiro atoms. The predicted molar refractivity (Wildman–Crippen MR) is 232 cm³/mol. The third-order valence-corrected chi connectivity index (χ3v) is 17.1. The van der Waals surface area contributed by atoms with E-state index in [4.69, 9.17) is 0 Å². The van der Waals surface area contributed by atoms with E-state index in [-0.39, 0.29) is 0 Å². The maximum atomic E-state index is 2.54. The zero-order valence-corrected chi connectivity index (χ0v) is 31.5. The number of nitrogens with zero attached hydrogens (tertiary/aromatic N) is 1. The number of fused-ring (bicyclic) bond motifs is 11. The van der Waals surface area contributed by atoms with Crippen LogP contribution < -0.4 is 15.3 Å². The number of hydrogen-bond donors (Lipinski definition) is 0. The van der Waals surface area contributed by atoms with E-state index < -0.39 is 8.07 Å². The molecule has 11 rings (SSSR count). The van der Waals surface area contributed by atoms with Crippen molar-refractivity contribution >= 4 is 109 Å². The molecule has 2 aromatic heterocycles. The lowest BCUT2D eigenvalue weighted by Gasteiger charge is -2.28. The van der Waals surface area contributed by atoms with Gasteiger partial charge in [0.1, 0.15) is 8.07 Å². The summed E-state index contributed by atoms with van der Waals surface area (Å²) >= 11 is 3.79. The van der Waals surface area contributed by atoms with Crippen molar-refractivity contribution in [2.24, 2.45) is 0 Å². The van der Waals surface area contributed by atoms with Gasteiger partial charge in [-0.15, -0.1) is 22.7 Å². The summed E-state index contributed by atoms with van der Waals surface area (Å²) in [5.74, 6) is 0. The minimum atomic E-state index is -2.02. The van der Waals surface area contributed by atoms with Crippen LogP contribution in [0.3, 0.4) is 0 Å². The summed E-state index contributed by atoms with van der Waals surface area (Å²) in [6.07, 6.45) is 0. The smallest absolute Gasteiger partial charge is 0.113 e. The Bertz CT molecular complexity index is 3070. The molecule has 0 saturated heterocycles. The van der Waals surface area contributed by atoms with Crippen LogP contribution in [0.25, 0.3) is 73.4 Å². The Morgan fingerprint density at radius 2 is 1.06 bits per heavy atom. The summed E-state index contributed by atoms with van der Waals surface area (Å²) < 4.78 is 5.39. The first kappa shape index (κ1) is 30.1. The second-order valence-electron chi connectivity index (χ2n) is 14.5. The van der Waals surface area contributed by atoms with Crippen LogP contribution in [0.5, 0.6) is 0 Å². The molecular formula is C48H33NS2Si. The lowest BCUT2D eigenvalue weighted by Crippen LogP contribution is -2.49. The van der Waals surface area contributed by atoms with E-state index in [1.165, 1.54) is 89.9 Å². The van der Waals surface area contributed by atoms with Crippen molar-refractivity contribution in [1.29, 1.82) is 0 Å². The lowest BCUT2D eigenvalue weighted by molar-refractivity contribution is 1.29. The highest BCUT2D eigenvalue weighted by Crippen LogP contribution is 2.45. The second-order valence-corrected chi connectivity index (χ2v) is 21.0. The van der Waals surface area contributed by atoms with Crippen LogP contribution in [0.15, 0.2) is 164 Å². The van der Waals surface area contributed by atoms with E-state index in [0.29, 0.717) is 0 Å². The van der Waals surface area contributed by atoms with Gasteiger partial charge in [0.05, 0.1) is 0 Å². The van der Waals surface area contributed by atoms with Gasteiger partial charge in [0.15, 0.2) is 0 Å². The Morgan fingerprint density at radius 1 is 0.423 bits per heavy atom. The van der Waals surface area contributed by atoms with Gasteiger partial charge in [-0.3, -0.25) is 0 Å². The number of anilines is 3. The van der Waals surface area contributed by atoms with Crippen LogP contribution in [0, 0.1) is 0 Å². The van der Waals surface area contributed by atoms with Gasteiger partial charge >= 0.3 is 0 Å². The molecule has 0 saturated carbocycles. The molecule has 10 aromatic rings. The number of hydrogen-bond acceptors (Lipinski definition) is 3. The molecule has 4 heteroatoms. The van der Waals surface area contributed by atoms with Crippen molar-refractivity contribution in [2.45, 2.75) is 13.1 Å². The molecule has 0 atom stereocenters. The maximum absolute atomic E-state index is 2.54. The molecule has 0 bridgehead atoms. The van der Waals surface area contributed by atoms with Crippen molar-refractivity contribution in [1.82, 2.24) is 0 Å². The van der Waals surface area contributed by atoms with Gasteiger partial charge in [0.2, 0.25) is 0 Å². The largest absolute Gasteiger partial charge is 0.310 e. The van der Waals surface area contributed by atoms with Crippen LogP contribution in [0.4, 0.5) is 17.1 Å². The minimum absolute atomic E-state index is 1.16. The van der Waals surface area contributed by atoms with E-state index in [9.17, 15) is 0 Å². The Balaban J connectivity index is 1.14. The highest BCUT2D eigenvalue weighted by Gasteiger charge is 2.39.